The van der Waals surface area contributed by atoms with Crippen LogP contribution in [0.25, 0.3) is 22.5 Å². The van der Waals surface area contributed by atoms with Crippen molar-refractivity contribution < 1.29 is 24.3 Å². The van der Waals surface area contributed by atoms with Gasteiger partial charge in [0, 0.05) is 37.3 Å². The number of H-pyrrole nitrogens is 1. The van der Waals surface area contributed by atoms with E-state index in [4.69, 9.17) is 16.3 Å². The van der Waals surface area contributed by atoms with Crippen LogP contribution in [0, 0.1) is 16.0 Å². The number of nitrogens with zero attached hydrogens (tertiary/aromatic N) is 6. The molecule has 1 atom stereocenters. The standard InChI is InChI=1S/C36H38ClN7O6/c1-2-3-14-32-38-35(37)34(31(45)22-27(21-25-10-5-4-6-11-25)24-49-33(46)15-9-20-50-44(47)48)43(32)23-26-16-18-28(19-17-26)29-12-7-8-13-30(29)36-39-41-42-40-36/h4-8,10-13,16-19,27H,2-3,9,14-15,20-24H2,1H3,(H,39,40,41,42). The fraction of sp³-hybridized carbons (Fsp3) is 0.333. The van der Waals surface area contributed by atoms with Crippen molar-refractivity contribution in [2.24, 2.45) is 5.92 Å². The molecule has 2 heterocycles. The van der Waals surface area contributed by atoms with Crippen molar-refractivity contribution in [1.29, 1.82) is 0 Å². The smallest absolute Gasteiger partial charge is 0.305 e. The molecule has 5 aromatic rings. The first-order chi connectivity index (χ1) is 24.3. The highest BCUT2D eigenvalue weighted by Crippen LogP contribution is 2.31. The lowest BCUT2D eigenvalue weighted by atomic mass is 9.94. The van der Waals surface area contributed by atoms with Gasteiger partial charge in [-0.3, -0.25) is 9.59 Å². The summed E-state index contributed by atoms with van der Waals surface area (Å²) in [5.41, 5.74) is 5.06. The average Bonchev–Trinajstić information content (AvgIpc) is 3.77. The van der Waals surface area contributed by atoms with Crippen LogP contribution in [-0.4, -0.2) is 60.2 Å². The van der Waals surface area contributed by atoms with E-state index in [2.05, 4.69) is 37.4 Å². The van der Waals surface area contributed by atoms with E-state index in [0.717, 1.165) is 46.5 Å². The molecule has 13 nitrogen and oxygen atoms in total. The normalized spacial score (nSPS) is 11.6. The number of Topliss-reactive ketones (excluding diaryl/α,β-unsaturated/α-hetero) is 1. The highest BCUT2D eigenvalue weighted by atomic mass is 35.5. The van der Waals surface area contributed by atoms with Gasteiger partial charge < -0.3 is 14.1 Å². The number of aromatic nitrogens is 6. The fourth-order valence-electron chi connectivity index (χ4n) is 5.74. The highest BCUT2D eigenvalue weighted by molar-refractivity contribution is 6.32. The lowest BCUT2D eigenvalue weighted by Crippen LogP contribution is -2.22. The third-order valence-electron chi connectivity index (χ3n) is 8.18. The Morgan fingerprint density at radius 1 is 0.980 bits per heavy atom. The van der Waals surface area contributed by atoms with E-state index in [0.29, 0.717) is 30.9 Å². The van der Waals surface area contributed by atoms with Crippen LogP contribution in [0.4, 0.5) is 0 Å². The van der Waals surface area contributed by atoms with Crippen LogP contribution in [0.15, 0.2) is 78.9 Å². The number of hydrogen-bond acceptors (Lipinski definition) is 10. The third kappa shape index (κ3) is 9.82. The van der Waals surface area contributed by atoms with Gasteiger partial charge in [-0.15, -0.1) is 20.3 Å². The number of aryl methyl sites for hydroxylation is 1. The van der Waals surface area contributed by atoms with Crippen molar-refractivity contribution in [3.8, 4) is 22.5 Å². The molecule has 50 heavy (non-hydrogen) atoms. The van der Waals surface area contributed by atoms with Gasteiger partial charge in [-0.05, 0) is 46.7 Å². The van der Waals surface area contributed by atoms with Gasteiger partial charge in [0.25, 0.3) is 5.09 Å². The molecule has 0 spiro atoms. The second-order valence-electron chi connectivity index (χ2n) is 11.9. The Labute approximate surface area is 294 Å². The molecular formula is C36H38ClN7O6. The minimum absolute atomic E-state index is 0.00317. The van der Waals surface area contributed by atoms with Gasteiger partial charge in [-0.25, -0.2) is 4.98 Å². The van der Waals surface area contributed by atoms with Crippen LogP contribution in [0.5, 0.6) is 0 Å². The molecule has 0 saturated carbocycles. The van der Waals surface area contributed by atoms with Gasteiger partial charge >= 0.3 is 5.97 Å². The molecule has 0 aliphatic rings. The molecule has 260 valence electrons. The Morgan fingerprint density at radius 3 is 2.42 bits per heavy atom. The maximum absolute atomic E-state index is 14.1. The summed E-state index contributed by atoms with van der Waals surface area (Å²) in [6.45, 7) is 2.28. The molecule has 1 unspecified atom stereocenters. The van der Waals surface area contributed by atoms with Gasteiger partial charge in [0.1, 0.15) is 11.5 Å². The molecule has 14 heteroatoms. The highest BCUT2D eigenvalue weighted by Gasteiger charge is 2.26. The first-order valence-electron chi connectivity index (χ1n) is 16.5. The van der Waals surface area contributed by atoms with E-state index in [9.17, 15) is 19.7 Å². The monoisotopic (exact) mass is 699 g/mol. The predicted octanol–water partition coefficient (Wildman–Crippen LogP) is 6.74. The lowest BCUT2D eigenvalue weighted by Gasteiger charge is -2.18. The van der Waals surface area contributed by atoms with E-state index < -0.39 is 11.1 Å². The summed E-state index contributed by atoms with van der Waals surface area (Å²) in [5, 5.41) is 24.1. The van der Waals surface area contributed by atoms with Crippen LogP contribution in [0.1, 0.15) is 66.5 Å². The van der Waals surface area contributed by atoms with Crippen LogP contribution < -0.4 is 0 Å². The zero-order chi connectivity index (χ0) is 35.3. The zero-order valence-electron chi connectivity index (χ0n) is 27.7. The molecule has 0 fully saturated rings. The van der Waals surface area contributed by atoms with Crippen LogP contribution >= 0.6 is 11.6 Å². The number of ketones is 1. The quantitative estimate of drug-likeness (QED) is 0.0320. The maximum atomic E-state index is 14.1. The number of unbranched alkanes of at least 4 members (excludes halogenated alkanes) is 1. The minimum Gasteiger partial charge on any atom is -0.465 e. The Bertz CT molecular complexity index is 1860. The summed E-state index contributed by atoms with van der Waals surface area (Å²) in [7, 11) is 0. The first-order valence-corrected chi connectivity index (χ1v) is 16.9. The van der Waals surface area contributed by atoms with Crippen LogP contribution in [0.2, 0.25) is 5.15 Å². The molecular weight excluding hydrogens is 662 g/mol. The number of tetrazole rings is 1. The number of carbonyl (C=O) groups excluding carboxylic acids is 2. The number of hydrogen-bond donors (Lipinski definition) is 1. The number of ether oxygens (including phenoxy) is 1. The van der Waals surface area contributed by atoms with Gasteiger partial charge in [0.2, 0.25) is 5.82 Å². The topological polar surface area (TPSA) is 168 Å². The number of imidazole rings is 1. The zero-order valence-corrected chi connectivity index (χ0v) is 28.4. The Kier molecular flexibility index (Phi) is 12.8. The number of rotatable bonds is 19. The molecule has 0 bridgehead atoms. The van der Waals surface area contributed by atoms with Crippen LogP contribution in [0.3, 0.4) is 0 Å². The summed E-state index contributed by atoms with van der Waals surface area (Å²) >= 11 is 6.71. The Balaban J connectivity index is 1.35. The summed E-state index contributed by atoms with van der Waals surface area (Å²) in [6.07, 6.45) is 3.15. The number of nitrogens with one attached hydrogen (secondary N) is 1. The number of aromatic amines is 1. The van der Waals surface area contributed by atoms with E-state index in [-0.39, 0.29) is 49.3 Å². The van der Waals surface area contributed by atoms with Gasteiger partial charge in [0.05, 0.1) is 13.2 Å². The second-order valence-corrected chi connectivity index (χ2v) is 12.2. The molecule has 2 aromatic heterocycles. The van der Waals surface area contributed by atoms with Crippen molar-refractivity contribution in [3.63, 3.8) is 0 Å². The minimum atomic E-state index is -0.898. The van der Waals surface area contributed by atoms with Crippen molar-refractivity contribution in [2.45, 2.75) is 58.4 Å². The lowest BCUT2D eigenvalue weighted by molar-refractivity contribution is -0.757. The number of carbonyl (C=O) groups is 2. The van der Waals surface area contributed by atoms with E-state index >= 15 is 0 Å². The van der Waals surface area contributed by atoms with Crippen molar-refractivity contribution in [1.82, 2.24) is 30.2 Å². The number of esters is 1. The molecule has 5 rings (SSSR count). The third-order valence-corrected chi connectivity index (χ3v) is 8.45. The Morgan fingerprint density at radius 2 is 1.72 bits per heavy atom. The molecule has 0 saturated heterocycles. The Hall–Kier alpha value is -5.43. The summed E-state index contributed by atoms with van der Waals surface area (Å²) in [4.78, 5) is 45.8. The van der Waals surface area contributed by atoms with E-state index in [1.807, 2.05) is 83.4 Å². The van der Waals surface area contributed by atoms with Gasteiger partial charge in [0.15, 0.2) is 10.9 Å². The molecule has 1 N–H and O–H groups in total. The first kappa shape index (κ1) is 35.9. The van der Waals surface area contributed by atoms with Crippen LogP contribution in [-0.2, 0) is 33.8 Å². The predicted molar refractivity (Wildman–Crippen MR) is 186 cm³/mol. The van der Waals surface area contributed by atoms with Gasteiger partial charge in [-0.1, -0.05) is 104 Å². The van der Waals surface area contributed by atoms with Crippen molar-refractivity contribution in [3.05, 3.63) is 117 Å². The van der Waals surface area contributed by atoms with E-state index in [1.165, 1.54) is 0 Å². The fourth-order valence-corrected chi connectivity index (χ4v) is 6.05. The van der Waals surface area contributed by atoms with Crippen molar-refractivity contribution >= 4 is 23.4 Å². The van der Waals surface area contributed by atoms with Gasteiger partial charge in [-0.2, -0.15) is 5.21 Å². The SMILES string of the molecule is CCCCc1nc(Cl)c(C(=O)CC(COC(=O)CCCO[N+](=O)[O-])Cc2ccccc2)n1Cc1ccc(-c2ccccc2-c2nn[nH]n2)cc1. The molecule has 0 amide bonds. The largest absolute Gasteiger partial charge is 0.465 e. The molecule has 3 aromatic carbocycles. The van der Waals surface area contributed by atoms with E-state index in [1.54, 1.807) is 0 Å². The average molecular weight is 700 g/mol. The van der Waals surface area contributed by atoms with Crippen molar-refractivity contribution in [2.75, 3.05) is 13.2 Å². The maximum Gasteiger partial charge on any atom is 0.305 e. The second kappa shape index (κ2) is 17.8. The molecule has 0 aliphatic heterocycles. The summed E-state index contributed by atoms with van der Waals surface area (Å²) in [6, 6.07) is 25.6. The molecule has 0 radical (unpaired) electrons. The summed E-state index contributed by atoms with van der Waals surface area (Å²) in [5.74, 6) is 0.169. The summed E-state index contributed by atoms with van der Waals surface area (Å²) < 4.78 is 7.44. The number of benzene rings is 3. The number of halogens is 1. The molecule has 0 aliphatic carbocycles.